The summed E-state index contributed by atoms with van der Waals surface area (Å²) < 4.78 is 25.1. The first kappa shape index (κ1) is 21.7. The lowest BCUT2D eigenvalue weighted by Gasteiger charge is -2.30. The van der Waals surface area contributed by atoms with Gasteiger partial charge in [0.15, 0.2) is 11.6 Å². The van der Waals surface area contributed by atoms with E-state index in [0.717, 1.165) is 6.07 Å². The van der Waals surface area contributed by atoms with Crippen molar-refractivity contribution >= 4 is 17.8 Å². The maximum absolute atomic E-state index is 14.3. The summed E-state index contributed by atoms with van der Waals surface area (Å²) in [5.74, 6) is -1.44. The van der Waals surface area contributed by atoms with Crippen LogP contribution in [0, 0.1) is 5.82 Å². The van der Waals surface area contributed by atoms with Gasteiger partial charge in [-0.15, -0.1) is 0 Å². The Kier molecular flexibility index (Phi) is 7.04. The van der Waals surface area contributed by atoms with Crippen LogP contribution >= 0.6 is 0 Å². The Bertz CT molecular complexity index is 713. The number of carbonyl (C=O) groups excluding carboxylic acids is 2. The standard InChI is InChI=1S/C19H29FN4O4/c1-5-27-17-13(15(21)25)10-14(20)16(23-17)22-11-6-8-12(9-7-11)28-18(26)24-19(2,3)4/h10-12H,5-9H2,1-4H3,(H2,21,25)(H,22,23)(H,24,26). The second kappa shape index (κ2) is 9.07. The molecule has 1 saturated carbocycles. The lowest BCUT2D eigenvalue weighted by Crippen LogP contribution is -2.43. The molecule has 0 spiro atoms. The van der Waals surface area contributed by atoms with Crippen LogP contribution < -0.4 is 21.1 Å². The number of primary amides is 1. The van der Waals surface area contributed by atoms with Crippen LogP contribution in [0.4, 0.5) is 15.0 Å². The topological polar surface area (TPSA) is 116 Å². The number of anilines is 1. The molecule has 156 valence electrons. The molecule has 1 aliphatic carbocycles. The molecule has 0 bridgehead atoms. The van der Waals surface area contributed by atoms with E-state index in [9.17, 15) is 14.0 Å². The first-order chi connectivity index (χ1) is 13.1. The minimum Gasteiger partial charge on any atom is -0.477 e. The number of pyridine rings is 1. The molecule has 0 radical (unpaired) electrons. The SMILES string of the molecule is CCOc1nc(NC2CCC(OC(=O)NC(C)(C)C)CC2)c(F)cc1C(N)=O. The molecule has 2 rings (SSSR count). The molecule has 28 heavy (non-hydrogen) atoms. The van der Waals surface area contributed by atoms with Gasteiger partial charge in [0.25, 0.3) is 5.91 Å². The van der Waals surface area contributed by atoms with Gasteiger partial charge in [0.2, 0.25) is 5.88 Å². The van der Waals surface area contributed by atoms with Gasteiger partial charge in [-0.05, 0) is 59.4 Å². The summed E-state index contributed by atoms with van der Waals surface area (Å²) in [6.45, 7) is 7.67. The molecule has 4 N–H and O–H groups in total. The number of nitrogens with zero attached hydrogens (tertiary/aromatic N) is 1. The average molecular weight is 396 g/mol. The van der Waals surface area contributed by atoms with E-state index in [1.807, 2.05) is 20.8 Å². The third-order valence-electron chi connectivity index (χ3n) is 4.25. The van der Waals surface area contributed by atoms with Gasteiger partial charge >= 0.3 is 6.09 Å². The highest BCUT2D eigenvalue weighted by Crippen LogP contribution is 2.27. The van der Waals surface area contributed by atoms with Crippen molar-refractivity contribution in [1.82, 2.24) is 10.3 Å². The second-order valence-electron chi connectivity index (χ2n) is 7.87. The summed E-state index contributed by atoms with van der Waals surface area (Å²) in [4.78, 5) is 27.4. The summed E-state index contributed by atoms with van der Waals surface area (Å²) in [6, 6.07) is 1.01. The normalized spacial score (nSPS) is 19.6. The number of rotatable bonds is 6. The minimum absolute atomic E-state index is 0.00905. The zero-order valence-corrected chi connectivity index (χ0v) is 16.8. The molecule has 1 aliphatic rings. The fourth-order valence-electron chi connectivity index (χ4n) is 3.00. The fraction of sp³-hybridized carbons (Fsp3) is 0.632. The second-order valence-corrected chi connectivity index (χ2v) is 7.87. The van der Waals surface area contributed by atoms with Crippen molar-refractivity contribution in [1.29, 1.82) is 0 Å². The van der Waals surface area contributed by atoms with Crippen molar-refractivity contribution in [3.05, 3.63) is 17.4 Å². The van der Waals surface area contributed by atoms with E-state index in [2.05, 4.69) is 15.6 Å². The minimum atomic E-state index is -0.799. The molecule has 1 aromatic rings. The van der Waals surface area contributed by atoms with Crippen LogP contribution in [0.25, 0.3) is 0 Å². The van der Waals surface area contributed by atoms with Gasteiger partial charge in [-0.25, -0.2) is 9.18 Å². The quantitative estimate of drug-likeness (QED) is 0.681. The number of ether oxygens (including phenoxy) is 2. The molecule has 1 fully saturated rings. The Labute approximate surface area is 164 Å². The van der Waals surface area contributed by atoms with Crippen molar-refractivity contribution in [3.8, 4) is 5.88 Å². The van der Waals surface area contributed by atoms with Crippen LogP contribution in [0.1, 0.15) is 63.7 Å². The van der Waals surface area contributed by atoms with Gasteiger partial charge < -0.3 is 25.8 Å². The summed E-state index contributed by atoms with van der Waals surface area (Å²) in [5.41, 5.74) is 4.81. The van der Waals surface area contributed by atoms with Crippen molar-refractivity contribution in [2.75, 3.05) is 11.9 Å². The highest BCUT2D eigenvalue weighted by Gasteiger charge is 2.26. The highest BCUT2D eigenvalue weighted by atomic mass is 19.1. The number of hydrogen-bond donors (Lipinski definition) is 3. The molecule has 0 aromatic carbocycles. The molecule has 8 nitrogen and oxygen atoms in total. The van der Waals surface area contributed by atoms with Crippen molar-refractivity contribution < 1.29 is 23.5 Å². The predicted octanol–water partition coefficient (Wildman–Crippen LogP) is 2.97. The van der Waals surface area contributed by atoms with E-state index in [1.165, 1.54) is 0 Å². The predicted molar refractivity (Wildman–Crippen MR) is 103 cm³/mol. The summed E-state index contributed by atoms with van der Waals surface area (Å²) >= 11 is 0. The fourth-order valence-corrected chi connectivity index (χ4v) is 3.00. The van der Waals surface area contributed by atoms with Gasteiger partial charge in [0.1, 0.15) is 11.7 Å². The van der Waals surface area contributed by atoms with E-state index < -0.39 is 17.8 Å². The largest absolute Gasteiger partial charge is 0.477 e. The maximum atomic E-state index is 14.3. The van der Waals surface area contributed by atoms with Crippen molar-refractivity contribution in [2.24, 2.45) is 5.73 Å². The molecule has 9 heteroatoms. The molecular formula is C19H29FN4O4. The first-order valence-corrected chi connectivity index (χ1v) is 9.47. The van der Waals surface area contributed by atoms with Gasteiger partial charge in [-0.2, -0.15) is 4.98 Å². The van der Waals surface area contributed by atoms with Crippen LogP contribution in [0.15, 0.2) is 6.07 Å². The molecule has 0 saturated heterocycles. The number of alkyl carbamates (subject to hydrolysis) is 1. The molecule has 0 unspecified atom stereocenters. The third-order valence-corrected chi connectivity index (χ3v) is 4.25. The summed E-state index contributed by atoms with van der Waals surface area (Å²) in [5, 5.41) is 5.82. The Hall–Kier alpha value is -2.58. The Morgan fingerprint density at radius 2 is 1.93 bits per heavy atom. The average Bonchev–Trinajstić information content (AvgIpc) is 2.57. The van der Waals surface area contributed by atoms with E-state index in [4.69, 9.17) is 15.2 Å². The lowest BCUT2D eigenvalue weighted by molar-refractivity contribution is 0.0681. The molecular weight excluding hydrogens is 367 g/mol. The lowest BCUT2D eigenvalue weighted by atomic mass is 9.93. The van der Waals surface area contributed by atoms with E-state index >= 15 is 0 Å². The smallest absolute Gasteiger partial charge is 0.407 e. The number of nitrogens with one attached hydrogen (secondary N) is 2. The van der Waals surface area contributed by atoms with E-state index in [-0.39, 0.29) is 41.6 Å². The van der Waals surface area contributed by atoms with E-state index in [1.54, 1.807) is 6.92 Å². The van der Waals surface area contributed by atoms with Crippen LogP contribution in [0.5, 0.6) is 5.88 Å². The first-order valence-electron chi connectivity index (χ1n) is 9.47. The molecule has 1 aromatic heterocycles. The monoisotopic (exact) mass is 396 g/mol. The zero-order valence-electron chi connectivity index (χ0n) is 16.8. The van der Waals surface area contributed by atoms with Crippen LogP contribution in [0.2, 0.25) is 0 Å². The van der Waals surface area contributed by atoms with Crippen LogP contribution in [-0.4, -0.2) is 41.3 Å². The number of hydrogen-bond acceptors (Lipinski definition) is 6. The number of nitrogens with two attached hydrogens (primary N) is 1. The van der Waals surface area contributed by atoms with Crippen LogP contribution in [-0.2, 0) is 4.74 Å². The highest BCUT2D eigenvalue weighted by molar-refractivity contribution is 5.95. The number of aromatic nitrogens is 1. The number of halogens is 1. The van der Waals surface area contributed by atoms with Crippen molar-refractivity contribution in [3.63, 3.8) is 0 Å². The van der Waals surface area contributed by atoms with Gasteiger partial charge in [-0.3, -0.25) is 4.79 Å². The number of amides is 2. The van der Waals surface area contributed by atoms with Crippen molar-refractivity contribution in [2.45, 2.75) is 71.1 Å². The molecule has 0 aliphatic heterocycles. The summed E-state index contributed by atoms with van der Waals surface area (Å²) in [6.07, 6.45) is 2.10. The molecule has 1 heterocycles. The molecule has 2 amide bonds. The van der Waals surface area contributed by atoms with Gasteiger partial charge in [0.05, 0.1) is 6.61 Å². The number of carbonyl (C=O) groups is 2. The van der Waals surface area contributed by atoms with Gasteiger partial charge in [0, 0.05) is 11.6 Å². The van der Waals surface area contributed by atoms with Crippen LogP contribution in [0.3, 0.4) is 0 Å². The molecule has 0 atom stereocenters. The van der Waals surface area contributed by atoms with Gasteiger partial charge in [-0.1, -0.05) is 0 Å². The maximum Gasteiger partial charge on any atom is 0.407 e. The van der Waals surface area contributed by atoms with E-state index in [0.29, 0.717) is 25.7 Å². The third kappa shape index (κ3) is 6.24. The Morgan fingerprint density at radius 3 is 2.46 bits per heavy atom. The zero-order chi connectivity index (χ0) is 20.9. The Balaban J connectivity index is 1.95. The Morgan fingerprint density at radius 1 is 1.29 bits per heavy atom. The summed E-state index contributed by atoms with van der Waals surface area (Å²) in [7, 11) is 0.